The number of hydrogen-bond donors (Lipinski definition) is 0. The van der Waals surface area contributed by atoms with Crippen molar-refractivity contribution in [1.82, 2.24) is 15.0 Å². The minimum atomic E-state index is 0.665. The first-order chi connectivity index (χ1) is 24.8. The predicted octanol–water partition coefficient (Wildman–Crippen LogP) is 13.1. The van der Waals surface area contributed by atoms with Crippen LogP contribution >= 0.6 is 22.7 Å². The molecular weight excluding hydrogens is 647 g/mol. The van der Waals surface area contributed by atoms with E-state index in [1.54, 1.807) is 0 Å². The number of benzene rings is 8. The van der Waals surface area contributed by atoms with Crippen molar-refractivity contribution in [1.29, 1.82) is 0 Å². The molecule has 3 nitrogen and oxygen atoms in total. The van der Waals surface area contributed by atoms with Crippen LogP contribution in [-0.4, -0.2) is 15.0 Å². The zero-order valence-electron chi connectivity index (χ0n) is 26.6. The highest BCUT2D eigenvalue weighted by molar-refractivity contribution is 7.27. The van der Waals surface area contributed by atoms with E-state index in [1.165, 1.54) is 72.7 Å². The summed E-state index contributed by atoms with van der Waals surface area (Å²) in [5, 5.41) is 12.3. The van der Waals surface area contributed by atoms with Crippen LogP contribution < -0.4 is 0 Å². The second-order valence-corrected chi connectivity index (χ2v) is 14.9. The first-order valence-corrected chi connectivity index (χ1v) is 18.3. The normalized spacial score (nSPS) is 12.0. The molecule has 0 aliphatic heterocycles. The van der Waals surface area contributed by atoms with Gasteiger partial charge in [0.25, 0.3) is 0 Å². The van der Waals surface area contributed by atoms with E-state index < -0.39 is 0 Å². The lowest BCUT2D eigenvalue weighted by molar-refractivity contribution is 1.08. The fourth-order valence-corrected chi connectivity index (χ4v) is 10.1. The molecule has 0 radical (unpaired) electrons. The fourth-order valence-electron chi connectivity index (χ4n) is 7.66. The molecule has 0 aliphatic rings. The van der Waals surface area contributed by atoms with Crippen molar-refractivity contribution >= 4 is 95.3 Å². The molecule has 0 N–H and O–H groups in total. The summed E-state index contributed by atoms with van der Waals surface area (Å²) in [6, 6.07) is 54.1. The maximum absolute atomic E-state index is 5.41. The molecule has 8 aromatic carbocycles. The summed E-state index contributed by atoms with van der Waals surface area (Å²) in [6.07, 6.45) is 0. The van der Waals surface area contributed by atoms with Crippen LogP contribution in [0.5, 0.6) is 0 Å². The highest BCUT2D eigenvalue weighted by Gasteiger charge is 2.22. The van der Waals surface area contributed by atoms with Gasteiger partial charge in [0.1, 0.15) is 0 Å². The molecule has 50 heavy (non-hydrogen) atoms. The topological polar surface area (TPSA) is 38.7 Å². The van der Waals surface area contributed by atoms with Gasteiger partial charge in [-0.05, 0) is 51.2 Å². The average molecular weight is 672 g/mol. The zero-order valence-corrected chi connectivity index (χ0v) is 28.2. The van der Waals surface area contributed by atoms with E-state index >= 15 is 0 Å². The van der Waals surface area contributed by atoms with Crippen molar-refractivity contribution in [3.05, 3.63) is 152 Å². The van der Waals surface area contributed by atoms with Gasteiger partial charge in [0, 0.05) is 62.4 Å². The Balaban J connectivity index is 1.31. The van der Waals surface area contributed by atoms with Crippen molar-refractivity contribution in [2.24, 2.45) is 0 Å². The van der Waals surface area contributed by atoms with Gasteiger partial charge in [0.2, 0.25) is 0 Å². The van der Waals surface area contributed by atoms with Crippen molar-refractivity contribution in [2.75, 3.05) is 0 Å². The lowest BCUT2D eigenvalue weighted by Gasteiger charge is -2.13. The first-order valence-electron chi connectivity index (χ1n) is 16.7. The van der Waals surface area contributed by atoms with Gasteiger partial charge in [-0.3, -0.25) is 0 Å². The molecule has 0 amide bonds. The van der Waals surface area contributed by atoms with E-state index in [-0.39, 0.29) is 0 Å². The summed E-state index contributed by atoms with van der Waals surface area (Å²) in [6.45, 7) is 0. The van der Waals surface area contributed by atoms with Crippen LogP contribution in [0.1, 0.15) is 0 Å². The molecule has 0 atom stereocenters. The molecule has 0 fully saturated rings. The Morgan fingerprint density at radius 3 is 1.76 bits per heavy atom. The SMILES string of the molecule is c1ccc(-c2nc(-c3cccc4sc5ccccc5c34)nc(-c3cc4ccc5ccccc5c4c4sc5ccc6ccccc6c5c34)n2)cc1. The van der Waals surface area contributed by atoms with Crippen molar-refractivity contribution in [2.45, 2.75) is 0 Å². The largest absolute Gasteiger partial charge is 0.208 e. The number of aromatic nitrogens is 3. The maximum atomic E-state index is 5.41. The lowest BCUT2D eigenvalue weighted by Crippen LogP contribution is -2.01. The monoisotopic (exact) mass is 671 g/mol. The van der Waals surface area contributed by atoms with Crippen LogP contribution in [0.4, 0.5) is 0 Å². The number of rotatable bonds is 3. The van der Waals surface area contributed by atoms with E-state index in [0.717, 1.165) is 16.7 Å². The Labute approximate surface area is 294 Å². The molecule has 0 saturated carbocycles. The summed E-state index contributed by atoms with van der Waals surface area (Å²) in [5.74, 6) is 2.02. The molecule has 3 aromatic heterocycles. The minimum Gasteiger partial charge on any atom is -0.208 e. The second-order valence-electron chi connectivity index (χ2n) is 12.7. The summed E-state index contributed by atoms with van der Waals surface area (Å²) >= 11 is 3.68. The summed E-state index contributed by atoms with van der Waals surface area (Å²) < 4.78 is 5.00. The van der Waals surface area contributed by atoms with Crippen molar-refractivity contribution in [3.8, 4) is 34.2 Å². The molecule has 11 aromatic rings. The Morgan fingerprint density at radius 2 is 0.940 bits per heavy atom. The molecular formula is C45H25N3S2. The number of thiophene rings is 2. The quantitative estimate of drug-likeness (QED) is 0.176. The third-order valence-electron chi connectivity index (χ3n) is 9.89. The third-order valence-corrected chi connectivity index (χ3v) is 12.2. The summed E-state index contributed by atoms with van der Waals surface area (Å²) in [5.41, 5.74) is 3.00. The Kier molecular flexibility index (Phi) is 5.99. The zero-order chi connectivity index (χ0) is 32.8. The van der Waals surface area contributed by atoms with Crippen LogP contribution in [0.2, 0.25) is 0 Å². The van der Waals surface area contributed by atoms with Gasteiger partial charge in [0.05, 0.1) is 0 Å². The van der Waals surface area contributed by atoms with Gasteiger partial charge in [-0.1, -0.05) is 127 Å². The standard InChI is InChI=1S/C45H25N3S2/c1-2-13-28(14-3-1)43-46-44(33-18-10-20-36-39(33)32-17-8-9-19-35(32)49-36)48-45(47-43)34-25-29-22-21-26-11-4-6-15-30(26)38(29)42-41(34)40-31-16-7-5-12-27(31)23-24-37(40)50-42/h1-25H. The highest BCUT2D eigenvalue weighted by atomic mass is 32.1. The van der Waals surface area contributed by atoms with E-state index in [9.17, 15) is 0 Å². The van der Waals surface area contributed by atoms with Crippen LogP contribution in [-0.2, 0) is 0 Å². The Bertz CT molecular complexity index is 3160. The van der Waals surface area contributed by atoms with Gasteiger partial charge in [0.15, 0.2) is 17.5 Å². The van der Waals surface area contributed by atoms with E-state index in [1.807, 2.05) is 40.9 Å². The smallest absolute Gasteiger partial charge is 0.164 e. The highest BCUT2D eigenvalue weighted by Crippen LogP contribution is 2.48. The van der Waals surface area contributed by atoms with Crippen LogP contribution in [0.3, 0.4) is 0 Å². The molecule has 232 valence electrons. The minimum absolute atomic E-state index is 0.665. The van der Waals surface area contributed by atoms with Crippen molar-refractivity contribution in [3.63, 3.8) is 0 Å². The number of hydrogen-bond acceptors (Lipinski definition) is 5. The maximum Gasteiger partial charge on any atom is 0.164 e. The number of fused-ring (bicyclic) bond motifs is 12. The van der Waals surface area contributed by atoms with E-state index in [0.29, 0.717) is 17.5 Å². The van der Waals surface area contributed by atoms with Gasteiger partial charge >= 0.3 is 0 Å². The lowest BCUT2D eigenvalue weighted by atomic mass is 9.94. The first kappa shape index (κ1) is 27.9. The van der Waals surface area contributed by atoms with Gasteiger partial charge in [-0.2, -0.15) is 0 Å². The fraction of sp³-hybridized carbons (Fsp3) is 0. The molecule has 0 unspecified atom stereocenters. The molecule has 0 saturated heterocycles. The average Bonchev–Trinajstić information content (AvgIpc) is 3.77. The van der Waals surface area contributed by atoms with Crippen LogP contribution in [0, 0.1) is 0 Å². The predicted molar refractivity (Wildman–Crippen MR) is 214 cm³/mol. The molecule has 11 rings (SSSR count). The van der Waals surface area contributed by atoms with Gasteiger partial charge in [-0.25, -0.2) is 15.0 Å². The Morgan fingerprint density at radius 1 is 0.340 bits per heavy atom. The van der Waals surface area contributed by atoms with Crippen LogP contribution in [0.15, 0.2) is 152 Å². The second kappa shape index (κ2) is 10.7. The van der Waals surface area contributed by atoms with E-state index in [4.69, 9.17) is 15.0 Å². The summed E-state index contributed by atoms with van der Waals surface area (Å²) in [4.78, 5) is 15.9. The Hall–Kier alpha value is -6.01. The summed E-state index contributed by atoms with van der Waals surface area (Å²) in [7, 11) is 0. The molecule has 0 bridgehead atoms. The van der Waals surface area contributed by atoms with Crippen LogP contribution in [0.25, 0.3) is 107 Å². The molecule has 0 aliphatic carbocycles. The van der Waals surface area contributed by atoms with Gasteiger partial charge in [-0.15, -0.1) is 22.7 Å². The van der Waals surface area contributed by atoms with E-state index in [2.05, 4.69) is 133 Å². The third kappa shape index (κ3) is 4.11. The van der Waals surface area contributed by atoms with Crippen molar-refractivity contribution < 1.29 is 0 Å². The number of nitrogens with zero attached hydrogens (tertiary/aromatic N) is 3. The molecule has 3 heterocycles. The molecule has 5 heteroatoms. The van der Waals surface area contributed by atoms with Gasteiger partial charge < -0.3 is 0 Å². The molecule has 0 spiro atoms.